The third-order valence-corrected chi connectivity index (χ3v) is 9.73. The predicted octanol–water partition coefficient (Wildman–Crippen LogP) is 10.6. The lowest BCUT2D eigenvalue weighted by Crippen LogP contribution is -2.27. The standard InChI is InChI=1S/C42H57N3O2/c1-39(2,3)28-19-29(40(4,5)6)22-34(21-28)45(35-23-30(41(7,8)9)20-31(24-35)42(10,11)12)36-26-32(43-17-13-15-37(43)46)25-33(27-36)44-18-14-16-38(44)47/h19-27H,13-18H2,1-12H3. The molecule has 2 heterocycles. The minimum atomic E-state index is -0.0670. The number of benzene rings is 3. The molecule has 0 aromatic heterocycles. The number of rotatable bonds is 5. The molecule has 2 fully saturated rings. The fourth-order valence-corrected chi connectivity index (χ4v) is 6.52. The highest BCUT2D eigenvalue weighted by atomic mass is 16.2. The van der Waals surface area contributed by atoms with Crippen LogP contribution in [0, 0.1) is 0 Å². The highest BCUT2D eigenvalue weighted by Crippen LogP contribution is 2.45. The molecule has 2 amide bonds. The fraction of sp³-hybridized carbons (Fsp3) is 0.524. The zero-order valence-electron chi connectivity index (χ0n) is 31.1. The van der Waals surface area contributed by atoms with Gasteiger partial charge in [0, 0.05) is 48.7 Å². The normalized spacial score (nSPS) is 16.4. The summed E-state index contributed by atoms with van der Waals surface area (Å²) in [6, 6.07) is 20.4. The van der Waals surface area contributed by atoms with Gasteiger partial charge in [-0.2, -0.15) is 0 Å². The Morgan fingerprint density at radius 3 is 1.00 bits per heavy atom. The smallest absolute Gasteiger partial charge is 0.227 e. The molecule has 5 rings (SSSR count). The molecule has 0 atom stereocenters. The van der Waals surface area contributed by atoms with E-state index in [1.807, 2.05) is 15.9 Å². The van der Waals surface area contributed by atoms with Crippen molar-refractivity contribution in [3.8, 4) is 0 Å². The predicted molar refractivity (Wildman–Crippen MR) is 199 cm³/mol. The Morgan fingerprint density at radius 1 is 0.447 bits per heavy atom. The lowest BCUT2D eigenvalue weighted by atomic mass is 9.79. The maximum atomic E-state index is 13.1. The van der Waals surface area contributed by atoms with Crippen LogP contribution in [0.3, 0.4) is 0 Å². The van der Waals surface area contributed by atoms with Gasteiger partial charge >= 0.3 is 0 Å². The molecule has 0 aliphatic carbocycles. The van der Waals surface area contributed by atoms with Gasteiger partial charge in [-0.3, -0.25) is 9.59 Å². The summed E-state index contributed by atoms with van der Waals surface area (Å²) < 4.78 is 0. The van der Waals surface area contributed by atoms with Crippen LogP contribution in [-0.2, 0) is 31.2 Å². The van der Waals surface area contributed by atoms with Crippen molar-refractivity contribution in [1.82, 2.24) is 0 Å². The Hall–Kier alpha value is -3.60. The van der Waals surface area contributed by atoms with Gasteiger partial charge in [-0.1, -0.05) is 95.2 Å². The molecular weight excluding hydrogens is 578 g/mol. The van der Waals surface area contributed by atoms with Crippen LogP contribution in [0.15, 0.2) is 54.6 Å². The summed E-state index contributed by atoms with van der Waals surface area (Å²) in [7, 11) is 0. The Balaban J connectivity index is 1.88. The monoisotopic (exact) mass is 635 g/mol. The molecular formula is C42H57N3O2. The topological polar surface area (TPSA) is 43.9 Å². The van der Waals surface area contributed by atoms with Gasteiger partial charge in [0.05, 0.1) is 5.69 Å². The van der Waals surface area contributed by atoms with E-state index in [2.05, 4.69) is 137 Å². The van der Waals surface area contributed by atoms with Crippen LogP contribution in [0.2, 0.25) is 0 Å². The third-order valence-electron chi connectivity index (χ3n) is 9.73. The lowest BCUT2D eigenvalue weighted by molar-refractivity contribution is -0.117. The summed E-state index contributed by atoms with van der Waals surface area (Å²) in [5.74, 6) is 0.281. The van der Waals surface area contributed by atoms with Crippen molar-refractivity contribution in [2.75, 3.05) is 27.8 Å². The first-order valence-electron chi connectivity index (χ1n) is 17.5. The van der Waals surface area contributed by atoms with Crippen LogP contribution in [0.5, 0.6) is 0 Å². The molecule has 5 nitrogen and oxygen atoms in total. The lowest BCUT2D eigenvalue weighted by Gasteiger charge is -2.34. The first kappa shape index (κ1) is 34.7. The highest BCUT2D eigenvalue weighted by molar-refractivity contribution is 6.00. The highest BCUT2D eigenvalue weighted by Gasteiger charge is 2.30. The van der Waals surface area contributed by atoms with Gasteiger partial charge in [-0.25, -0.2) is 0 Å². The molecule has 0 radical (unpaired) electrons. The van der Waals surface area contributed by atoms with Crippen LogP contribution < -0.4 is 14.7 Å². The Morgan fingerprint density at radius 2 is 0.745 bits per heavy atom. The second kappa shape index (κ2) is 12.1. The van der Waals surface area contributed by atoms with Crippen molar-refractivity contribution in [3.05, 3.63) is 76.9 Å². The van der Waals surface area contributed by atoms with Gasteiger partial charge in [0.15, 0.2) is 0 Å². The minimum Gasteiger partial charge on any atom is -0.312 e. The van der Waals surface area contributed by atoms with Gasteiger partial charge in [0.1, 0.15) is 0 Å². The van der Waals surface area contributed by atoms with E-state index in [4.69, 9.17) is 0 Å². The average Bonchev–Trinajstić information content (AvgIpc) is 3.58. The minimum absolute atomic E-state index is 0.0670. The number of hydrogen-bond acceptors (Lipinski definition) is 3. The van der Waals surface area contributed by atoms with Crippen molar-refractivity contribution in [2.24, 2.45) is 0 Å². The van der Waals surface area contributed by atoms with Gasteiger partial charge < -0.3 is 14.7 Å². The molecule has 2 aliphatic heterocycles. The summed E-state index contributed by atoms with van der Waals surface area (Å²) in [6.07, 6.45) is 2.79. The van der Waals surface area contributed by atoms with E-state index < -0.39 is 0 Å². The first-order valence-corrected chi connectivity index (χ1v) is 17.5. The van der Waals surface area contributed by atoms with E-state index in [-0.39, 0.29) is 33.5 Å². The second-order valence-electron chi connectivity index (χ2n) is 17.9. The van der Waals surface area contributed by atoms with Crippen LogP contribution >= 0.6 is 0 Å². The third kappa shape index (κ3) is 7.45. The van der Waals surface area contributed by atoms with Crippen LogP contribution in [-0.4, -0.2) is 24.9 Å². The Kier molecular flexibility index (Phi) is 8.96. The molecule has 0 unspecified atom stereocenters. The van der Waals surface area contributed by atoms with E-state index in [0.29, 0.717) is 25.9 Å². The van der Waals surface area contributed by atoms with Gasteiger partial charge in [0.25, 0.3) is 0 Å². The first-order chi connectivity index (χ1) is 21.6. The van der Waals surface area contributed by atoms with Gasteiger partial charge in [0.2, 0.25) is 11.8 Å². The van der Waals surface area contributed by atoms with Crippen molar-refractivity contribution < 1.29 is 9.59 Å². The maximum Gasteiger partial charge on any atom is 0.227 e. The van der Waals surface area contributed by atoms with Crippen LogP contribution in [0.1, 0.15) is 131 Å². The second-order valence-corrected chi connectivity index (χ2v) is 17.9. The van der Waals surface area contributed by atoms with Crippen molar-refractivity contribution >= 4 is 40.3 Å². The number of amides is 2. The summed E-state index contributed by atoms with van der Waals surface area (Å²) in [6.45, 7) is 28.7. The van der Waals surface area contributed by atoms with Crippen molar-refractivity contribution in [1.29, 1.82) is 0 Å². The zero-order valence-corrected chi connectivity index (χ0v) is 31.1. The number of nitrogens with zero attached hydrogens (tertiary/aromatic N) is 3. The van der Waals surface area contributed by atoms with Crippen molar-refractivity contribution in [3.63, 3.8) is 0 Å². The van der Waals surface area contributed by atoms with Gasteiger partial charge in [-0.15, -0.1) is 0 Å². The summed E-state index contributed by atoms with van der Waals surface area (Å²) in [5.41, 5.74) is 9.65. The molecule has 0 bridgehead atoms. The van der Waals surface area contributed by atoms with E-state index in [1.54, 1.807) is 0 Å². The SMILES string of the molecule is CC(C)(C)c1cc(N(c2cc(N3CCCC3=O)cc(N3CCCC3=O)c2)c2cc(C(C)(C)C)cc(C(C)(C)C)c2)cc(C(C)(C)C)c1. The summed E-state index contributed by atoms with van der Waals surface area (Å²) >= 11 is 0. The maximum absolute atomic E-state index is 13.1. The van der Waals surface area contributed by atoms with E-state index in [0.717, 1.165) is 41.3 Å². The van der Waals surface area contributed by atoms with Crippen molar-refractivity contribution in [2.45, 2.75) is 130 Å². The number of carbonyl (C=O) groups is 2. The Bertz CT molecular complexity index is 1490. The van der Waals surface area contributed by atoms with Crippen LogP contribution in [0.25, 0.3) is 0 Å². The molecule has 3 aromatic carbocycles. The average molecular weight is 636 g/mol. The molecule has 0 saturated carbocycles. The summed E-state index contributed by atoms with van der Waals surface area (Å²) in [5, 5.41) is 0. The van der Waals surface area contributed by atoms with E-state index in [1.165, 1.54) is 22.3 Å². The van der Waals surface area contributed by atoms with E-state index in [9.17, 15) is 9.59 Å². The molecule has 3 aromatic rings. The van der Waals surface area contributed by atoms with Gasteiger partial charge in [-0.05, 0) is 99.2 Å². The largest absolute Gasteiger partial charge is 0.312 e. The van der Waals surface area contributed by atoms with E-state index >= 15 is 0 Å². The molecule has 2 saturated heterocycles. The Labute approximate surface area is 284 Å². The number of hydrogen-bond donors (Lipinski definition) is 0. The molecule has 47 heavy (non-hydrogen) atoms. The molecule has 0 spiro atoms. The fourth-order valence-electron chi connectivity index (χ4n) is 6.52. The summed E-state index contributed by atoms with van der Waals surface area (Å²) in [4.78, 5) is 32.5. The molecule has 252 valence electrons. The number of carbonyl (C=O) groups excluding carboxylic acids is 2. The molecule has 2 aliphatic rings. The number of anilines is 5. The van der Waals surface area contributed by atoms with Crippen LogP contribution in [0.4, 0.5) is 28.4 Å². The molecule has 0 N–H and O–H groups in total. The molecule has 5 heteroatoms. The zero-order chi connectivity index (χ0) is 34.7. The quantitative estimate of drug-likeness (QED) is 0.280.